The summed E-state index contributed by atoms with van der Waals surface area (Å²) in [5.74, 6) is 1.00. The lowest BCUT2D eigenvalue weighted by atomic mass is 9.38. The lowest BCUT2D eigenvalue weighted by molar-refractivity contribution is -0.341. The molecule has 6 aliphatic rings. The van der Waals surface area contributed by atoms with Crippen LogP contribution in [0.1, 0.15) is 107 Å². The molecular weight excluding hydrogens is 728 g/mol. The molecule has 0 bridgehead atoms. The molecule has 10 N–H and O–H groups in total. The van der Waals surface area contributed by atoms with Gasteiger partial charge in [0.05, 0.1) is 37.1 Å². The first-order chi connectivity index (χ1) is 25.9. The van der Waals surface area contributed by atoms with Crippen LogP contribution in [-0.2, 0) is 18.9 Å². The molecule has 2 saturated heterocycles. The van der Waals surface area contributed by atoms with E-state index >= 15 is 0 Å². The van der Waals surface area contributed by atoms with E-state index in [2.05, 4.69) is 47.6 Å². The minimum absolute atomic E-state index is 0.0159. The van der Waals surface area contributed by atoms with Gasteiger partial charge in [-0.2, -0.15) is 0 Å². The van der Waals surface area contributed by atoms with E-state index in [0.29, 0.717) is 25.2 Å². The minimum Gasteiger partial charge on any atom is -0.394 e. The van der Waals surface area contributed by atoms with Crippen LogP contribution >= 0.6 is 0 Å². The van der Waals surface area contributed by atoms with Crippen molar-refractivity contribution in [3.05, 3.63) is 11.6 Å². The second-order valence-corrected chi connectivity index (χ2v) is 20.3. The molecule has 6 rings (SSSR count). The molecule has 0 aromatic rings. The molecule has 3 saturated carbocycles. The first-order valence-corrected chi connectivity index (χ1v) is 21.0. The SMILES string of the molecule is C[C@@H](CC[C@H](O[C@H]1O[C@@H](CO[C@H]2O[C@@H](CO)[C@H](O)[C@@H](O)[C@@H]2O)[C@H](O)[C@@H](O)[C@@H]1O)C(C)(C)O)[C@@H]1CC[C@]2(C)C3CC=C4[C@@H](CC[C@H](O)C4(C)C)[C@]3(C)[C@H](O)C[C@@]12C. The zero-order valence-corrected chi connectivity index (χ0v) is 34.6. The van der Waals surface area contributed by atoms with Crippen LogP contribution in [0.15, 0.2) is 11.6 Å². The van der Waals surface area contributed by atoms with Crippen molar-refractivity contribution < 1.29 is 70.0 Å². The number of allylic oxidation sites excluding steroid dienone is 1. The van der Waals surface area contributed by atoms with Gasteiger partial charge in [0.1, 0.15) is 48.8 Å². The van der Waals surface area contributed by atoms with E-state index in [1.807, 2.05) is 0 Å². The fourth-order valence-electron chi connectivity index (χ4n) is 12.6. The monoisotopic (exact) mass is 800 g/mol. The third-order valence-corrected chi connectivity index (χ3v) is 16.6. The van der Waals surface area contributed by atoms with E-state index in [9.17, 15) is 51.1 Å². The number of rotatable bonds is 11. The van der Waals surface area contributed by atoms with Gasteiger partial charge in [-0.25, -0.2) is 0 Å². The highest BCUT2D eigenvalue weighted by molar-refractivity contribution is 5.31. The molecule has 2 aliphatic heterocycles. The molecule has 2 heterocycles. The average molecular weight is 801 g/mol. The van der Waals surface area contributed by atoms with Gasteiger partial charge >= 0.3 is 0 Å². The summed E-state index contributed by atoms with van der Waals surface area (Å²) in [6.07, 6.45) is -8.48. The maximum atomic E-state index is 12.3. The van der Waals surface area contributed by atoms with Crippen molar-refractivity contribution in [3.8, 4) is 0 Å². The predicted molar refractivity (Wildman–Crippen MR) is 202 cm³/mol. The first-order valence-electron chi connectivity index (χ1n) is 21.0. The highest BCUT2D eigenvalue weighted by Crippen LogP contribution is 2.75. The standard InChI is InChI=1S/C42H72O14/c1-20(21-15-16-40(6)26-12-10-22-23(11-13-27(44)38(22,2)3)42(26,8)28(45)17-41(21,40)7)9-14-29(39(4,5)52)56-37-35(51)33(49)31(47)25(55-37)19-53-36-34(50)32(48)30(46)24(18-43)54-36/h10,20-21,23-37,43-52H,9,11-19H2,1-8H3/t20-,21-,23+,24-,25-,26?,27-,28+,29-,30-,31-,32+,33+,34-,35-,36-,37+,40+,41-,42-/m0/s1. The van der Waals surface area contributed by atoms with Crippen LogP contribution in [-0.4, -0.2) is 150 Å². The second-order valence-electron chi connectivity index (χ2n) is 20.3. The zero-order chi connectivity index (χ0) is 41.5. The molecule has 0 radical (unpaired) electrons. The summed E-state index contributed by atoms with van der Waals surface area (Å²) in [4.78, 5) is 0. The fraction of sp³-hybridized carbons (Fsp3) is 0.952. The molecule has 20 atom stereocenters. The Morgan fingerprint density at radius 2 is 1.38 bits per heavy atom. The fourth-order valence-corrected chi connectivity index (χ4v) is 12.6. The number of ether oxygens (including phenoxy) is 4. The molecule has 5 fully saturated rings. The molecule has 324 valence electrons. The van der Waals surface area contributed by atoms with Crippen LogP contribution in [0.5, 0.6) is 0 Å². The molecular formula is C42H72O14. The van der Waals surface area contributed by atoms with Crippen LogP contribution in [0.25, 0.3) is 0 Å². The van der Waals surface area contributed by atoms with Crippen molar-refractivity contribution in [2.45, 2.75) is 192 Å². The van der Waals surface area contributed by atoms with E-state index in [1.165, 1.54) is 5.57 Å². The Labute approximate surface area is 331 Å². The van der Waals surface area contributed by atoms with Gasteiger partial charge in [-0.3, -0.25) is 0 Å². The van der Waals surface area contributed by atoms with Crippen LogP contribution in [0, 0.1) is 45.3 Å². The number of hydrogen-bond donors (Lipinski definition) is 10. The molecule has 1 unspecified atom stereocenters. The zero-order valence-electron chi connectivity index (χ0n) is 34.6. The van der Waals surface area contributed by atoms with E-state index in [4.69, 9.17) is 18.9 Å². The Balaban J connectivity index is 1.13. The van der Waals surface area contributed by atoms with Crippen LogP contribution < -0.4 is 0 Å². The Morgan fingerprint density at radius 1 is 0.768 bits per heavy atom. The van der Waals surface area contributed by atoms with Crippen LogP contribution in [0.2, 0.25) is 0 Å². The van der Waals surface area contributed by atoms with Gasteiger partial charge in [0.15, 0.2) is 12.6 Å². The van der Waals surface area contributed by atoms with Gasteiger partial charge in [0.25, 0.3) is 0 Å². The summed E-state index contributed by atoms with van der Waals surface area (Å²) in [7, 11) is 0. The number of aliphatic hydroxyl groups excluding tert-OH is 9. The normalized spacial score (nSPS) is 50.3. The molecule has 4 aliphatic carbocycles. The third kappa shape index (κ3) is 7.26. The van der Waals surface area contributed by atoms with Crippen molar-refractivity contribution in [1.29, 1.82) is 0 Å². The van der Waals surface area contributed by atoms with E-state index in [-0.39, 0.29) is 45.5 Å². The molecule has 14 nitrogen and oxygen atoms in total. The number of aliphatic hydroxyl groups is 10. The Morgan fingerprint density at radius 3 is 2.00 bits per heavy atom. The topological polar surface area (TPSA) is 239 Å². The van der Waals surface area contributed by atoms with Crippen molar-refractivity contribution >= 4 is 0 Å². The summed E-state index contributed by atoms with van der Waals surface area (Å²) in [5, 5.41) is 107. The lowest BCUT2D eigenvalue weighted by Crippen LogP contribution is -2.64. The van der Waals surface area contributed by atoms with Crippen molar-refractivity contribution in [2.24, 2.45) is 45.3 Å². The van der Waals surface area contributed by atoms with Crippen LogP contribution in [0.4, 0.5) is 0 Å². The van der Waals surface area contributed by atoms with Gasteiger partial charge in [0.2, 0.25) is 0 Å². The van der Waals surface area contributed by atoms with Crippen molar-refractivity contribution in [2.75, 3.05) is 13.2 Å². The van der Waals surface area contributed by atoms with Crippen LogP contribution in [0.3, 0.4) is 0 Å². The van der Waals surface area contributed by atoms with Gasteiger partial charge in [-0.1, -0.05) is 53.2 Å². The molecule has 56 heavy (non-hydrogen) atoms. The molecule has 0 aromatic carbocycles. The van der Waals surface area contributed by atoms with Gasteiger partial charge < -0.3 is 70.0 Å². The van der Waals surface area contributed by atoms with Crippen molar-refractivity contribution in [1.82, 2.24) is 0 Å². The van der Waals surface area contributed by atoms with Crippen molar-refractivity contribution in [3.63, 3.8) is 0 Å². The average Bonchev–Trinajstić information content (AvgIpc) is 3.40. The summed E-state index contributed by atoms with van der Waals surface area (Å²) in [6.45, 7) is 15.7. The maximum absolute atomic E-state index is 12.3. The summed E-state index contributed by atoms with van der Waals surface area (Å²) >= 11 is 0. The highest BCUT2D eigenvalue weighted by atomic mass is 16.7. The Bertz CT molecular complexity index is 1400. The molecule has 0 spiro atoms. The molecule has 14 heteroatoms. The summed E-state index contributed by atoms with van der Waals surface area (Å²) in [5.41, 5.74) is -0.848. The minimum atomic E-state index is -1.71. The number of fused-ring (bicyclic) bond motifs is 5. The maximum Gasteiger partial charge on any atom is 0.187 e. The summed E-state index contributed by atoms with van der Waals surface area (Å²) in [6, 6.07) is 0. The van der Waals surface area contributed by atoms with Gasteiger partial charge in [0, 0.05) is 10.8 Å². The third-order valence-electron chi connectivity index (χ3n) is 16.6. The second kappa shape index (κ2) is 15.9. The molecule has 0 amide bonds. The predicted octanol–water partition coefficient (Wildman–Crippen LogP) is 1.12. The van der Waals surface area contributed by atoms with E-state index in [0.717, 1.165) is 32.1 Å². The van der Waals surface area contributed by atoms with Gasteiger partial charge in [-0.15, -0.1) is 0 Å². The lowest BCUT2D eigenvalue weighted by Gasteiger charge is -2.67. The largest absolute Gasteiger partial charge is 0.394 e. The molecule has 0 aromatic heterocycles. The summed E-state index contributed by atoms with van der Waals surface area (Å²) < 4.78 is 23.1. The highest BCUT2D eigenvalue weighted by Gasteiger charge is 2.70. The first kappa shape index (κ1) is 44.7. The smallest absolute Gasteiger partial charge is 0.187 e. The quantitative estimate of drug-likeness (QED) is 0.132. The Kier molecular flexibility index (Phi) is 12.7. The van der Waals surface area contributed by atoms with E-state index < -0.39 is 92.4 Å². The number of hydrogen-bond acceptors (Lipinski definition) is 14. The Hall–Kier alpha value is -0.820. The van der Waals surface area contributed by atoms with Gasteiger partial charge in [-0.05, 0) is 99.7 Å². The van der Waals surface area contributed by atoms with E-state index in [1.54, 1.807) is 13.8 Å².